The summed E-state index contributed by atoms with van der Waals surface area (Å²) in [5, 5.41) is 2.78. The third-order valence-electron chi connectivity index (χ3n) is 4.61. The first-order valence-electron chi connectivity index (χ1n) is 8.63. The molecule has 0 fully saturated rings. The normalized spacial score (nSPS) is 21.8. The molecule has 4 rings (SSSR count). The average molecular weight is 353 g/mol. The number of hydrogen-bond donors (Lipinski definition) is 1. The number of nitrogens with one attached hydrogen (secondary N) is 1. The zero-order valence-corrected chi connectivity index (χ0v) is 14.3. The van der Waals surface area contributed by atoms with Crippen molar-refractivity contribution in [3.05, 3.63) is 54.0 Å². The van der Waals surface area contributed by atoms with Gasteiger partial charge in [0.2, 0.25) is 11.9 Å². The Morgan fingerprint density at radius 1 is 1.35 bits per heavy atom. The molecule has 0 aliphatic carbocycles. The van der Waals surface area contributed by atoms with Crippen LogP contribution in [0.3, 0.4) is 0 Å². The number of anilines is 1. The number of hydrogen-bond acceptors (Lipinski definition) is 6. The Hall–Kier alpha value is -3.09. The molecule has 7 nitrogen and oxygen atoms in total. The molecule has 0 radical (unpaired) electrons. The van der Waals surface area contributed by atoms with Crippen molar-refractivity contribution < 1.29 is 18.7 Å². The molecule has 0 bridgehead atoms. The summed E-state index contributed by atoms with van der Waals surface area (Å²) in [7, 11) is 0. The van der Waals surface area contributed by atoms with Gasteiger partial charge in [-0.05, 0) is 37.1 Å². The van der Waals surface area contributed by atoms with Crippen molar-refractivity contribution >= 4 is 23.5 Å². The molecule has 0 unspecified atom stereocenters. The second-order valence-corrected chi connectivity index (χ2v) is 6.16. The lowest BCUT2D eigenvalue weighted by molar-refractivity contribution is -0.153. The van der Waals surface area contributed by atoms with E-state index in [9.17, 15) is 9.59 Å². The van der Waals surface area contributed by atoms with Crippen molar-refractivity contribution in [1.29, 1.82) is 0 Å². The fourth-order valence-electron chi connectivity index (χ4n) is 3.42. The van der Waals surface area contributed by atoms with E-state index >= 15 is 0 Å². The van der Waals surface area contributed by atoms with E-state index in [4.69, 9.17) is 9.15 Å². The summed E-state index contributed by atoms with van der Waals surface area (Å²) < 4.78 is 10.5. The zero-order valence-electron chi connectivity index (χ0n) is 14.3. The molecule has 1 aromatic heterocycles. The van der Waals surface area contributed by atoms with Crippen LogP contribution in [0.1, 0.15) is 24.3 Å². The summed E-state index contributed by atoms with van der Waals surface area (Å²) in [4.78, 5) is 31.7. The summed E-state index contributed by atoms with van der Waals surface area (Å²) in [5.74, 6) is -1.21. The Morgan fingerprint density at radius 2 is 2.19 bits per heavy atom. The van der Waals surface area contributed by atoms with Crippen LogP contribution >= 0.6 is 0 Å². The van der Waals surface area contributed by atoms with Crippen LogP contribution in [-0.4, -0.2) is 31.0 Å². The number of fused-ring (bicyclic) bond motifs is 1. The third kappa shape index (κ3) is 2.75. The van der Waals surface area contributed by atoms with Crippen molar-refractivity contribution in [2.75, 3.05) is 18.1 Å². The number of nitrogens with zero attached hydrogens (tertiary/aromatic N) is 2. The first-order valence-corrected chi connectivity index (χ1v) is 8.63. The molecule has 2 aliphatic rings. The number of carbonyl (C=O) groups is 2. The lowest BCUT2D eigenvalue weighted by Gasteiger charge is -2.30. The number of furan rings is 1. The molecule has 0 saturated heterocycles. The van der Waals surface area contributed by atoms with E-state index in [1.807, 2.05) is 23.1 Å². The van der Waals surface area contributed by atoms with Crippen molar-refractivity contribution in [2.24, 2.45) is 10.9 Å². The number of guanidine groups is 1. The van der Waals surface area contributed by atoms with Gasteiger partial charge in [-0.25, -0.2) is 4.99 Å². The van der Waals surface area contributed by atoms with Crippen molar-refractivity contribution in [3.63, 3.8) is 0 Å². The minimum Gasteiger partial charge on any atom is -0.467 e. The number of ether oxygens (including phenoxy) is 1. The summed E-state index contributed by atoms with van der Waals surface area (Å²) in [5.41, 5.74) is 2.21. The number of rotatable bonds is 3. The molecule has 2 atom stereocenters. The zero-order chi connectivity index (χ0) is 18.1. The van der Waals surface area contributed by atoms with Crippen LogP contribution in [-0.2, 0) is 20.7 Å². The summed E-state index contributed by atoms with van der Waals surface area (Å²) in [6.45, 7) is 2.62. The Bertz CT molecular complexity index is 859. The molecule has 2 aromatic rings. The second kappa shape index (κ2) is 6.67. The Labute approximate surface area is 150 Å². The molecule has 2 aliphatic heterocycles. The first-order chi connectivity index (χ1) is 12.7. The van der Waals surface area contributed by atoms with Gasteiger partial charge in [0.05, 0.1) is 12.9 Å². The number of carbonyl (C=O) groups excluding carboxylic acids is 2. The maximum absolute atomic E-state index is 12.7. The second-order valence-electron chi connectivity index (χ2n) is 6.16. The van der Waals surface area contributed by atoms with E-state index in [0.29, 0.717) is 18.3 Å². The summed E-state index contributed by atoms with van der Waals surface area (Å²) in [6.07, 6.45) is 2.38. The van der Waals surface area contributed by atoms with E-state index in [1.54, 1.807) is 19.1 Å². The van der Waals surface area contributed by atoms with E-state index in [2.05, 4.69) is 16.4 Å². The van der Waals surface area contributed by atoms with Gasteiger partial charge in [-0.15, -0.1) is 0 Å². The highest BCUT2D eigenvalue weighted by molar-refractivity contribution is 6.13. The molecule has 7 heteroatoms. The van der Waals surface area contributed by atoms with Gasteiger partial charge >= 0.3 is 5.97 Å². The van der Waals surface area contributed by atoms with Gasteiger partial charge in [-0.2, -0.15) is 0 Å². The van der Waals surface area contributed by atoms with Crippen molar-refractivity contribution in [3.8, 4) is 0 Å². The molecule has 1 amide bonds. The highest BCUT2D eigenvalue weighted by atomic mass is 16.5. The van der Waals surface area contributed by atoms with Crippen LogP contribution in [0.5, 0.6) is 0 Å². The van der Waals surface area contributed by atoms with Gasteiger partial charge in [0.25, 0.3) is 0 Å². The standard InChI is InChI=1S/C19H19N3O4/c1-2-25-18(24)15-16(14-8-5-11-26-14)20-19(21-17(15)23)22-10-9-12-6-3-4-7-13(12)22/h3-8,11,15-16H,2,9-10H2,1H3,(H,20,21,23)/t15-,16+/m1/s1. The third-order valence-corrected chi connectivity index (χ3v) is 4.61. The fourth-order valence-corrected chi connectivity index (χ4v) is 3.42. The highest BCUT2D eigenvalue weighted by Gasteiger charge is 2.43. The highest BCUT2D eigenvalue weighted by Crippen LogP contribution is 2.34. The lowest BCUT2D eigenvalue weighted by Crippen LogP contribution is -2.52. The van der Waals surface area contributed by atoms with Gasteiger partial charge in [0, 0.05) is 12.2 Å². The summed E-state index contributed by atoms with van der Waals surface area (Å²) >= 11 is 0. The number of aliphatic imine (C=N–C) groups is 1. The summed E-state index contributed by atoms with van der Waals surface area (Å²) in [6, 6.07) is 10.7. The van der Waals surface area contributed by atoms with Crippen LogP contribution in [0, 0.1) is 5.92 Å². The molecule has 1 aromatic carbocycles. The van der Waals surface area contributed by atoms with Crippen LogP contribution < -0.4 is 10.2 Å². The van der Waals surface area contributed by atoms with Crippen LogP contribution in [0.2, 0.25) is 0 Å². The molecule has 0 spiro atoms. The molecular weight excluding hydrogens is 334 g/mol. The van der Waals surface area contributed by atoms with Gasteiger partial charge in [-0.1, -0.05) is 18.2 Å². The topological polar surface area (TPSA) is 84.1 Å². The largest absolute Gasteiger partial charge is 0.467 e. The van der Waals surface area contributed by atoms with Gasteiger partial charge < -0.3 is 14.1 Å². The van der Waals surface area contributed by atoms with Gasteiger partial charge in [0.15, 0.2) is 5.92 Å². The minimum absolute atomic E-state index is 0.198. The molecular formula is C19H19N3O4. The first kappa shape index (κ1) is 16.4. The van der Waals surface area contributed by atoms with Crippen LogP contribution in [0.25, 0.3) is 0 Å². The minimum atomic E-state index is -1.07. The molecule has 134 valence electrons. The average Bonchev–Trinajstić information content (AvgIpc) is 3.31. The smallest absolute Gasteiger partial charge is 0.321 e. The SMILES string of the molecule is CCOC(=O)[C@H]1C(=O)NC(N2CCc3ccccc32)=N[C@H]1c1ccco1. The Balaban J connectivity index is 1.72. The molecule has 1 N–H and O–H groups in total. The number of amides is 1. The van der Waals surface area contributed by atoms with Crippen LogP contribution in [0.4, 0.5) is 5.69 Å². The van der Waals surface area contributed by atoms with E-state index in [1.165, 1.54) is 11.8 Å². The molecule has 3 heterocycles. The molecule has 26 heavy (non-hydrogen) atoms. The Kier molecular flexibility index (Phi) is 4.20. The number of benzene rings is 1. The van der Waals surface area contributed by atoms with Gasteiger partial charge in [-0.3, -0.25) is 14.9 Å². The predicted molar refractivity (Wildman–Crippen MR) is 94.6 cm³/mol. The van der Waals surface area contributed by atoms with E-state index in [-0.39, 0.29) is 6.61 Å². The maximum atomic E-state index is 12.7. The fraction of sp³-hybridized carbons (Fsp3) is 0.316. The van der Waals surface area contributed by atoms with E-state index < -0.39 is 23.8 Å². The predicted octanol–water partition coefficient (Wildman–Crippen LogP) is 2.05. The van der Waals surface area contributed by atoms with Crippen LogP contribution in [0.15, 0.2) is 52.1 Å². The van der Waals surface area contributed by atoms with Crippen molar-refractivity contribution in [2.45, 2.75) is 19.4 Å². The monoisotopic (exact) mass is 353 g/mol. The van der Waals surface area contributed by atoms with E-state index in [0.717, 1.165) is 12.1 Å². The quantitative estimate of drug-likeness (QED) is 0.674. The molecule has 0 saturated carbocycles. The Morgan fingerprint density at radius 3 is 2.96 bits per heavy atom. The van der Waals surface area contributed by atoms with Crippen molar-refractivity contribution in [1.82, 2.24) is 5.32 Å². The number of para-hydroxylation sites is 1. The lowest BCUT2D eigenvalue weighted by atomic mass is 9.95. The number of esters is 1. The maximum Gasteiger partial charge on any atom is 0.321 e. The van der Waals surface area contributed by atoms with Gasteiger partial charge in [0.1, 0.15) is 11.8 Å².